The molecule has 80 valence electrons. The number of carbonyl (C=O) groups is 2. The Morgan fingerprint density at radius 2 is 1.93 bits per heavy atom. The Labute approximate surface area is 85.1 Å². The predicted octanol–water partition coefficient (Wildman–Crippen LogP) is 2.60. The van der Waals surface area contributed by atoms with Gasteiger partial charge in [-0.2, -0.15) is 0 Å². The third kappa shape index (κ3) is 7.53. The number of esters is 1. The third-order valence-electron chi connectivity index (χ3n) is 1.78. The molecule has 0 atom stereocenters. The fourth-order valence-corrected chi connectivity index (χ4v) is 0.950. The summed E-state index contributed by atoms with van der Waals surface area (Å²) >= 11 is 0. The molecule has 0 fully saturated rings. The number of hydrogen-bond acceptors (Lipinski definition) is 3. The SMILES string of the molecule is CCCCCC/C=C/OC(=O)C(C)=O. The molecular formula is C11H18O3. The van der Waals surface area contributed by atoms with Crippen LogP contribution in [0.3, 0.4) is 0 Å². The van der Waals surface area contributed by atoms with E-state index < -0.39 is 11.8 Å². The normalized spacial score (nSPS) is 10.4. The fourth-order valence-electron chi connectivity index (χ4n) is 0.950. The lowest BCUT2D eigenvalue weighted by molar-refractivity contribution is -0.148. The van der Waals surface area contributed by atoms with Crippen LogP contribution in [0.1, 0.15) is 46.0 Å². The topological polar surface area (TPSA) is 43.4 Å². The summed E-state index contributed by atoms with van der Waals surface area (Å²) in [7, 11) is 0. The van der Waals surface area contributed by atoms with Crippen molar-refractivity contribution in [2.45, 2.75) is 46.0 Å². The summed E-state index contributed by atoms with van der Waals surface area (Å²) in [4.78, 5) is 21.1. The summed E-state index contributed by atoms with van der Waals surface area (Å²) in [6.07, 6.45) is 8.71. The maximum absolute atomic E-state index is 10.7. The molecule has 0 aromatic carbocycles. The first-order valence-electron chi connectivity index (χ1n) is 5.05. The van der Waals surface area contributed by atoms with E-state index in [1.807, 2.05) is 0 Å². The van der Waals surface area contributed by atoms with E-state index >= 15 is 0 Å². The average Bonchev–Trinajstić information content (AvgIpc) is 2.16. The highest BCUT2D eigenvalue weighted by Gasteiger charge is 2.05. The van der Waals surface area contributed by atoms with Crippen molar-refractivity contribution < 1.29 is 14.3 Å². The van der Waals surface area contributed by atoms with Crippen molar-refractivity contribution in [3.05, 3.63) is 12.3 Å². The maximum atomic E-state index is 10.7. The molecule has 0 aliphatic carbocycles. The van der Waals surface area contributed by atoms with Crippen LogP contribution in [0.4, 0.5) is 0 Å². The van der Waals surface area contributed by atoms with E-state index in [2.05, 4.69) is 11.7 Å². The molecule has 0 rings (SSSR count). The predicted molar refractivity (Wildman–Crippen MR) is 54.7 cm³/mol. The summed E-state index contributed by atoms with van der Waals surface area (Å²) < 4.78 is 4.54. The lowest BCUT2D eigenvalue weighted by atomic mass is 10.1. The number of carbonyl (C=O) groups excluding carboxylic acids is 2. The van der Waals surface area contributed by atoms with E-state index in [4.69, 9.17) is 0 Å². The number of ether oxygens (including phenoxy) is 1. The van der Waals surface area contributed by atoms with Gasteiger partial charge in [0.2, 0.25) is 5.78 Å². The van der Waals surface area contributed by atoms with E-state index in [1.54, 1.807) is 6.08 Å². The number of ketones is 1. The maximum Gasteiger partial charge on any atom is 0.379 e. The minimum Gasteiger partial charge on any atom is -0.429 e. The Kier molecular flexibility index (Phi) is 7.80. The molecule has 0 aromatic rings. The second-order valence-corrected chi connectivity index (χ2v) is 3.18. The second-order valence-electron chi connectivity index (χ2n) is 3.18. The van der Waals surface area contributed by atoms with Crippen molar-refractivity contribution >= 4 is 11.8 Å². The van der Waals surface area contributed by atoms with Crippen molar-refractivity contribution in [2.24, 2.45) is 0 Å². The molecule has 0 spiro atoms. The summed E-state index contributed by atoms with van der Waals surface area (Å²) in [6, 6.07) is 0. The molecule has 0 aliphatic rings. The molecule has 0 saturated carbocycles. The molecule has 0 unspecified atom stereocenters. The van der Waals surface area contributed by atoms with Crippen molar-refractivity contribution in [1.82, 2.24) is 0 Å². The van der Waals surface area contributed by atoms with Crippen LogP contribution < -0.4 is 0 Å². The minimum atomic E-state index is -0.796. The Hall–Kier alpha value is -1.12. The van der Waals surface area contributed by atoms with Crippen LogP contribution in [0.25, 0.3) is 0 Å². The summed E-state index contributed by atoms with van der Waals surface area (Å²) in [5.41, 5.74) is 0. The molecule has 0 aromatic heterocycles. The number of allylic oxidation sites excluding steroid dienone is 1. The number of hydrogen-bond donors (Lipinski definition) is 0. The van der Waals surface area contributed by atoms with E-state index in [9.17, 15) is 9.59 Å². The highest BCUT2D eigenvalue weighted by atomic mass is 16.5. The van der Waals surface area contributed by atoms with E-state index in [0.29, 0.717) is 0 Å². The first-order valence-corrected chi connectivity index (χ1v) is 5.05. The van der Waals surface area contributed by atoms with Gasteiger partial charge in [0.25, 0.3) is 0 Å². The highest BCUT2D eigenvalue weighted by Crippen LogP contribution is 2.02. The van der Waals surface area contributed by atoms with Gasteiger partial charge in [-0.1, -0.05) is 26.2 Å². The van der Waals surface area contributed by atoms with Gasteiger partial charge in [-0.15, -0.1) is 0 Å². The lowest BCUT2D eigenvalue weighted by Crippen LogP contribution is -2.09. The van der Waals surface area contributed by atoms with E-state index in [1.165, 1.54) is 32.4 Å². The van der Waals surface area contributed by atoms with Gasteiger partial charge < -0.3 is 4.74 Å². The summed E-state index contributed by atoms with van der Waals surface area (Å²) in [5, 5.41) is 0. The van der Waals surface area contributed by atoms with Gasteiger partial charge in [0, 0.05) is 6.92 Å². The van der Waals surface area contributed by atoms with Crippen LogP contribution >= 0.6 is 0 Å². The van der Waals surface area contributed by atoms with E-state index in [-0.39, 0.29) is 0 Å². The molecule has 0 bridgehead atoms. The molecule has 3 nitrogen and oxygen atoms in total. The average molecular weight is 198 g/mol. The highest BCUT2D eigenvalue weighted by molar-refractivity contribution is 6.32. The summed E-state index contributed by atoms with van der Waals surface area (Å²) in [5.74, 6) is -1.37. The second kappa shape index (κ2) is 8.48. The number of Topliss-reactive ketones (excluding diaryl/α,β-unsaturated/α-hetero) is 1. The molecule has 0 amide bonds. The quantitative estimate of drug-likeness (QED) is 0.273. The fraction of sp³-hybridized carbons (Fsp3) is 0.636. The lowest BCUT2D eigenvalue weighted by Gasteiger charge is -1.95. The Morgan fingerprint density at radius 1 is 1.21 bits per heavy atom. The molecule has 3 heteroatoms. The van der Waals surface area contributed by atoms with Crippen LogP contribution in [0.15, 0.2) is 12.3 Å². The van der Waals surface area contributed by atoms with Gasteiger partial charge in [-0.25, -0.2) is 4.79 Å². The first-order chi connectivity index (χ1) is 6.68. The third-order valence-corrected chi connectivity index (χ3v) is 1.78. The van der Waals surface area contributed by atoms with Gasteiger partial charge in [-0.05, 0) is 18.9 Å². The van der Waals surface area contributed by atoms with Gasteiger partial charge in [0.1, 0.15) is 0 Å². The molecular weight excluding hydrogens is 180 g/mol. The number of unbranched alkanes of at least 4 members (excludes halogenated alkanes) is 4. The van der Waals surface area contributed by atoms with Gasteiger partial charge in [-0.3, -0.25) is 4.79 Å². The van der Waals surface area contributed by atoms with Crippen LogP contribution in [0.2, 0.25) is 0 Å². The molecule has 14 heavy (non-hydrogen) atoms. The van der Waals surface area contributed by atoms with Gasteiger partial charge in [0.15, 0.2) is 0 Å². The van der Waals surface area contributed by atoms with Gasteiger partial charge in [0.05, 0.1) is 6.26 Å². The van der Waals surface area contributed by atoms with Gasteiger partial charge >= 0.3 is 5.97 Å². The van der Waals surface area contributed by atoms with Crippen LogP contribution in [-0.4, -0.2) is 11.8 Å². The zero-order chi connectivity index (χ0) is 10.8. The van der Waals surface area contributed by atoms with Crippen molar-refractivity contribution in [2.75, 3.05) is 0 Å². The molecule has 0 N–H and O–H groups in total. The molecule has 0 saturated heterocycles. The van der Waals surface area contributed by atoms with E-state index in [0.717, 1.165) is 12.8 Å². The van der Waals surface area contributed by atoms with Crippen molar-refractivity contribution in [1.29, 1.82) is 0 Å². The standard InChI is InChI=1S/C11H18O3/c1-3-4-5-6-7-8-9-14-11(13)10(2)12/h8-9H,3-7H2,1-2H3/b9-8+. The Morgan fingerprint density at radius 3 is 2.50 bits per heavy atom. The van der Waals surface area contributed by atoms with Crippen molar-refractivity contribution in [3.63, 3.8) is 0 Å². The van der Waals surface area contributed by atoms with Crippen molar-refractivity contribution in [3.8, 4) is 0 Å². The summed E-state index contributed by atoms with van der Waals surface area (Å²) in [6.45, 7) is 3.35. The smallest absolute Gasteiger partial charge is 0.379 e. The Balaban J connectivity index is 3.36. The zero-order valence-corrected chi connectivity index (χ0v) is 8.91. The molecule has 0 radical (unpaired) electrons. The van der Waals surface area contributed by atoms with Crippen LogP contribution in [-0.2, 0) is 14.3 Å². The monoisotopic (exact) mass is 198 g/mol. The zero-order valence-electron chi connectivity index (χ0n) is 8.91. The number of rotatable bonds is 7. The minimum absolute atomic E-state index is 0.569. The Bertz CT molecular complexity index is 207. The van der Waals surface area contributed by atoms with Crippen LogP contribution in [0.5, 0.6) is 0 Å². The van der Waals surface area contributed by atoms with Crippen LogP contribution in [0, 0.1) is 0 Å². The molecule has 0 heterocycles. The molecule has 0 aliphatic heterocycles. The first kappa shape index (κ1) is 12.9. The largest absolute Gasteiger partial charge is 0.429 e.